The molecule has 76 valence electrons. The van der Waals surface area contributed by atoms with Gasteiger partial charge in [0.1, 0.15) is 0 Å². The third kappa shape index (κ3) is 3.77. The number of unbranched alkanes of at least 4 members (excludes halogenated alkanes) is 2. The van der Waals surface area contributed by atoms with E-state index in [0.29, 0.717) is 0 Å². The number of nitrogens with one attached hydrogen (secondary N) is 2. The fourth-order valence-electron chi connectivity index (χ4n) is 1.62. The highest BCUT2D eigenvalue weighted by molar-refractivity contribution is 5.81. The summed E-state index contributed by atoms with van der Waals surface area (Å²) in [5.74, 6) is 0.189. The van der Waals surface area contributed by atoms with Crippen molar-refractivity contribution in [2.75, 3.05) is 13.1 Å². The van der Waals surface area contributed by atoms with Gasteiger partial charge in [-0.05, 0) is 25.8 Å². The van der Waals surface area contributed by atoms with Crippen LogP contribution in [0.4, 0.5) is 0 Å². The number of hydrogen-bond acceptors (Lipinski definition) is 2. The summed E-state index contributed by atoms with van der Waals surface area (Å²) >= 11 is 0. The molecule has 13 heavy (non-hydrogen) atoms. The summed E-state index contributed by atoms with van der Waals surface area (Å²) in [5, 5.41) is 6.14. The molecule has 0 spiro atoms. The van der Waals surface area contributed by atoms with Gasteiger partial charge in [-0.15, -0.1) is 0 Å². The molecule has 1 aliphatic heterocycles. The molecule has 3 nitrogen and oxygen atoms in total. The SMILES string of the molecule is CCCCCNC(=O)C1CCCN1. The van der Waals surface area contributed by atoms with Crippen molar-refractivity contribution in [2.24, 2.45) is 0 Å². The third-order valence-electron chi connectivity index (χ3n) is 2.46. The zero-order chi connectivity index (χ0) is 9.52. The van der Waals surface area contributed by atoms with Crippen LogP contribution in [0.25, 0.3) is 0 Å². The molecule has 1 fully saturated rings. The molecule has 0 aromatic carbocycles. The molecule has 1 heterocycles. The van der Waals surface area contributed by atoms with E-state index < -0.39 is 0 Å². The summed E-state index contributed by atoms with van der Waals surface area (Å²) in [7, 11) is 0. The predicted molar refractivity (Wildman–Crippen MR) is 53.6 cm³/mol. The molecule has 1 unspecified atom stereocenters. The van der Waals surface area contributed by atoms with Crippen LogP contribution in [0.2, 0.25) is 0 Å². The van der Waals surface area contributed by atoms with Crippen molar-refractivity contribution in [3.8, 4) is 0 Å². The average molecular weight is 184 g/mol. The molecule has 1 saturated heterocycles. The quantitative estimate of drug-likeness (QED) is 0.627. The molecule has 0 aromatic heterocycles. The molecule has 1 rings (SSSR count). The average Bonchev–Trinajstić information content (AvgIpc) is 2.65. The molecular formula is C10H20N2O. The Bertz CT molecular complexity index is 153. The van der Waals surface area contributed by atoms with E-state index in [1.165, 1.54) is 12.8 Å². The molecule has 0 bridgehead atoms. The Hall–Kier alpha value is -0.570. The molecule has 0 saturated carbocycles. The molecule has 0 aliphatic carbocycles. The van der Waals surface area contributed by atoms with Gasteiger partial charge in [-0.2, -0.15) is 0 Å². The summed E-state index contributed by atoms with van der Waals surface area (Å²) in [6.07, 6.45) is 5.65. The maximum absolute atomic E-state index is 11.4. The first-order valence-electron chi connectivity index (χ1n) is 5.35. The largest absolute Gasteiger partial charge is 0.355 e. The number of hydrogen-bond donors (Lipinski definition) is 2. The third-order valence-corrected chi connectivity index (χ3v) is 2.46. The lowest BCUT2D eigenvalue weighted by atomic mass is 10.2. The smallest absolute Gasteiger partial charge is 0.237 e. The normalized spacial score (nSPS) is 21.8. The van der Waals surface area contributed by atoms with Gasteiger partial charge in [0, 0.05) is 6.54 Å². The van der Waals surface area contributed by atoms with Crippen LogP contribution in [0.15, 0.2) is 0 Å². The first-order chi connectivity index (χ1) is 6.34. The minimum atomic E-state index is 0.0848. The Labute approximate surface area is 80.3 Å². The van der Waals surface area contributed by atoms with E-state index in [1.807, 2.05) is 0 Å². The first-order valence-corrected chi connectivity index (χ1v) is 5.35. The summed E-state index contributed by atoms with van der Waals surface area (Å²) < 4.78 is 0. The summed E-state index contributed by atoms with van der Waals surface area (Å²) in [6, 6.07) is 0.0848. The Balaban J connectivity index is 2.03. The molecule has 0 radical (unpaired) electrons. The Morgan fingerprint density at radius 2 is 2.38 bits per heavy atom. The van der Waals surface area contributed by atoms with Crippen molar-refractivity contribution in [2.45, 2.75) is 45.1 Å². The second-order valence-corrected chi connectivity index (χ2v) is 3.65. The lowest BCUT2D eigenvalue weighted by Gasteiger charge is -2.10. The monoisotopic (exact) mass is 184 g/mol. The van der Waals surface area contributed by atoms with Crippen molar-refractivity contribution in [3.63, 3.8) is 0 Å². The van der Waals surface area contributed by atoms with Gasteiger partial charge in [0.05, 0.1) is 6.04 Å². The molecule has 1 atom stereocenters. The van der Waals surface area contributed by atoms with Crippen LogP contribution < -0.4 is 10.6 Å². The second-order valence-electron chi connectivity index (χ2n) is 3.65. The molecule has 3 heteroatoms. The fraction of sp³-hybridized carbons (Fsp3) is 0.900. The summed E-state index contributed by atoms with van der Waals surface area (Å²) in [5.41, 5.74) is 0. The van der Waals surface area contributed by atoms with E-state index in [0.717, 1.165) is 32.4 Å². The summed E-state index contributed by atoms with van der Waals surface area (Å²) in [4.78, 5) is 11.4. The first kappa shape index (κ1) is 10.5. The van der Waals surface area contributed by atoms with Crippen LogP contribution in [-0.4, -0.2) is 25.0 Å². The highest BCUT2D eigenvalue weighted by atomic mass is 16.2. The Morgan fingerprint density at radius 1 is 1.54 bits per heavy atom. The van der Waals surface area contributed by atoms with Gasteiger partial charge in [0.15, 0.2) is 0 Å². The van der Waals surface area contributed by atoms with Crippen LogP contribution in [0.3, 0.4) is 0 Å². The zero-order valence-electron chi connectivity index (χ0n) is 8.44. The van der Waals surface area contributed by atoms with Gasteiger partial charge < -0.3 is 10.6 Å². The molecule has 0 aromatic rings. The number of amides is 1. The lowest BCUT2D eigenvalue weighted by molar-refractivity contribution is -0.122. The maximum Gasteiger partial charge on any atom is 0.237 e. The van der Waals surface area contributed by atoms with E-state index >= 15 is 0 Å². The van der Waals surface area contributed by atoms with E-state index in [9.17, 15) is 4.79 Å². The molecule has 1 aliphatic rings. The van der Waals surface area contributed by atoms with E-state index in [-0.39, 0.29) is 11.9 Å². The van der Waals surface area contributed by atoms with Crippen LogP contribution in [0.5, 0.6) is 0 Å². The van der Waals surface area contributed by atoms with Gasteiger partial charge in [-0.1, -0.05) is 19.8 Å². The van der Waals surface area contributed by atoms with Gasteiger partial charge >= 0.3 is 0 Å². The van der Waals surface area contributed by atoms with Gasteiger partial charge in [-0.25, -0.2) is 0 Å². The topological polar surface area (TPSA) is 41.1 Å². The van der Waals surface area contributed by atoms with Crippen LogP contribution in [0.1, 0.15) is 39.0 Å². The number of carbonyl (C=O) groups is 1. The van der Waals surface area contributed by atoms with E-state index in [4.69, 9.17) is 0 Å². The zero-order valence-corrected chi connectivity index (χ0v) is 8.44. The van der Waals surface area contributed by atoms with Gasteiger partial charge in [0.2, 0.25) is 5.91 Å². The maximum atomic E-state index is 11.4. The van der Waals surface area contributed by atoms with Crippen LogP contribution in [0, 0.1) is 0 Å². The van der Waals surface area contributed by atoms with Crippen molar-refractivity contribution in [1.29, 1.82) is 0 Å². The number of rotatable bonds is 5. The van der Waals surface area contributed by atoms with Gasteiger partial charge in [-0.3, -0.25) is 4.79 Å². The minimum absolute atomic E-state index is 0.0848. The van der Waals surface area contributed by atoms with Crippen LogP contribution >= 0.6 is 0 Å². The van der Waals surface area contributed by atoms with E-state index in [2.05, 4.69) is 17.6 Å². The summed E-state index contributed by atoms with van der Waals surface area (Å²) in [6.45, 7) is 4.00. The highest BCUT2D eigenvalue weighted by Gasteiger charge is 2.20. The molecule has 2 N–H and O–H groups in total. The van der Waals surface area contributed by atoms with Crippen molar-refractivity contribution in [3.05, 3.63) is 0 Å². The van der Waals surface area contributed by atoms with Gasteiger partial charge in [0.25, 0.3) is 0 Å². The highest BCUT2D eigenvalue weighted by Crippen LogP contribution is 2.04. The molecule has 1 amide bonds. The predicted octanol–water partition coefficient (Wildman–Crippen LogP) is 1.04. The lowest BCUT2D eigenvalue weighted by Crippen LogP contribution is -2.40. The minimum Gasteiger partial charge on any atom is -0.355 e. The standard InChI is InChI=1S/C10H20N2O/c1-2-3-4-7-12-10(13)9-6-5-8-11-9/h9,11H,2-8H2,1H3,(H,12,13). The van der Waals surface area contributed by atoms with Crippen molar-refractivity contribution in [1.82, 2.24) is 10.6 Å². The Kier molecular flexibility index (Phi) is 4.83. The van der Waals surface area contributed by atoms with Crippen molar-refractivity contribution < 1.29 is 4.79 Å². The van der Waals surface area contributed by atoms with Crippen molar-refractivity contribution >= 4 is 5.91 Å². The fourth-order valence-corrected chi connectivity index (χ4v) is 1.62. The van der Waals surface area contributed by atoms with Crippen LogP contribution in [-0.2, 0) is 4.79 Å². The number of carbonyl (C=O) groups excluding carboxylic acids is 1. The Morgan fingerprint density at radius 3 is 3.00 bits per heavy atom. The van der Waals surface area contributed by atoms with E-state index in [1.54, 1.807) is 0 Å². The second kappa shape index (κ2) is 5.97. The molecular weight excluding hydrogens is 164 g/mol.